The molecule has 0 unspecified atom stereocenters. The van der Waals surface area contributed by atoms with Gasteiger partial charge in [-0.1, -0.05) is 67.2 Å². The van der Waals surface area contributed by atoms with Gasteiger partial charge in [0.15, 0.2) is 10.9 Å². The van der Waals surface area contributed by atoms with E-state index in [9.17, 15) is 9.59 Å². The number of ketones is 1. The van der Waals surface area contributed by atoms with Crippen LogP contribution in [0, 0.1) is 0 Å². The summed E-state index contributed by atoms with van der Waals surface area (Å²) in [6.07, 6.45) is 1.78. The Morgan fingerprint density at radius 1 is 0.950 bits per heavy atom. The van der Waals surface area contributed by atoms with Crippen molar-refractivity contribution in [1.82, 2.24) is 0 Å². The average Bonchev–Trinajstić information content (AvgIpc) is 2.53. The van der Waals surface area contributed by atoms with Gasteiger partial charge in [-0.05, 0) is 17.9 Å². The van der Waals surface area contributed by atoms with Gasteiger partial charge in [-0.25, -0.2) is 0 Å². The minimum absolute atomic E-state index is 0.0174. The summed E-state index contributed by atoms with van der Waals surface area (Å²) in [5.74, 6) is -0.218. The second-order valence-electron chi connectivity index (χ2n) is 4.57. The maximum atomic E-state index is 12.4. The monoisotopic (exact) mass is 284 g/mol. The summed E-state index contributed by atoms with van der Waals surface area (Å²) < 4.78 is 0. The van der Waals surface area contributed by atoms with Crippen molar-refractivity contribution in [3.8, 4) is 0 Å². The first-order valence-electron chi connectivity index (χ1n) is 6.41. The lowest BCUT2D eigenvalue weighted by Crippen LogP contribution is -2.07. The maximum Gasteiger partial charge on any atom is 0.195 e. The summed E-state index contributed by atoms with van der Waals surface area (Å²) >= 11 is 1.21. The normalized spacial score (nSPS) is 11.9. The predicted octanol–water partition coefficient (Wildman–Crippen LogP) is 3.91. The highest BCUT2D eigenvalue weighted by molar-refractivity contribution is 8.13. The first kappa shape index (κ1) is 14.5. The van der Waals surface area contributed by atoms with Crippen LogP contribution in [-0.2, 0) is 4.79 Å². The van der Waals surface area contributed by atoms with Crippen molar-refractivity contribution in [2.45, 2.75) is 12.8 Å². The highest BCUT2D eigenvalue weighted by atomic mass is 32.2. The molecule has 0 spiro atoms. The van der Waals surface area contributed by atoms with Crippen molar-refractivity contribution in [3.63, 3.8) is 0 Å². The Morgan fingerprint density at radius 2 is 1.60 bits per heavy atom. The van der Waals surface area contributed by atoms with Crippen LogP contribution in [0.4, 0.5) is 0 Å². The second kappa shape index (κ2) is 6.53. The van der Waals surface area contributed by atoms with Gasteiger partial charge in [-0.2, -0.15) is 0 Å². The van der Waals surface area contributed by atoms with Gasteiger partial charge in [0.2, 0.25) is 0 Å². The van der Waals surface area contributed by atoms with E-state index in [1.165, 1.54) is 11.8 Å². The quantitative estimate of drug-likeness (QED) is 0.798. The minimum atomic E-state index is -0.200. The molecule has 2 aromatic rings. The Balaban J connectivity index is 2.31. The molecule has 0 aromatic heterocycles. The molecule has 2 rings (SSSR count). The van der Waals surface area contributed by atoms with E-state index in [2.05, 4.69) is 0 Å². The molecular weight excluding hydrogens is 268 g/mol. The van der Waals surface area contributed by atoms with Crippen molar-refractivity contribution >= 4 is 22.7 Å². The lowest BCUT2D eigenvalue weighted by atomic mass is 9.96. The Labute approximate surface area is 123 Å². The molecule has 0 aliphatic rings. The van der Waals surface area contributed by atoms with E-state index in [4.69, 9.17) is 0 Å². The fraction of sp³-hybridized carbons (Fsp3) is 0.176. The third-order valence-corrected chi connectivity index (χ3v) is 4.00. The molecule has 0 heterocycles. The van der Waals surface area contributed by atoms with E-state index in [1.807, 2.05) is 43.3 Å². The molecule has 0 amide bonds. The predicted molar refractivity (Wildman–Crippen MR) is 83.3 cm³/mol. The summed E-state index contributed by atoms with van der Waals surface area (Å²) in [5.41, 5.74) is 2.16. The van der Waals surface area contributed by atoms with Gasteiger partial charge in [0.25, 0.3) is 0 Å². The molecule has 0 bridgehead atoms. The smallest absolute Gasteiger partial charge is 0.195 e. The van der Waals surface area contributed by atoms with E-state index >= 15 is 0 Å². The van der Waals surface area contributed by atoms with E-state index in [-0.39, 0.29) is 16.8 Å². The second-order valence-corrected chi connectivity index (χ2v) is 5.38. The van der Waals surface area contributed by atoms with Crippen LogP contribution in [0.3, 0.4) is 0 Å². The fourth-order valence-electron chi connectivity index (χ4n) is 2.02. The van der Waals surface area contributed by atoms with Crippen LogP contribution >= 0.6 is 11.8 Å². The van der Waals surface area contributed by atoms with Gasteiger partial charge >= 0.3 is 0 Å². The molecule has 0 aliphatic heterocycles. The summed E-state index contributed by atoms with van der Waals surface area (Å²) in [6, 6.07) is 16.5. The zero-order valence-corrected chi connectivity index (χ0v) is 12.3. The fourth-order valence-corrected chi connectivity index (χ4v) is 2.51. The van der Waals surface area contributed by atoms with Gasteiger partial charge in [0.05, 0.1) is 5.92 Å². The highest BCUT2D eigenvalue weighted by Crippen LogP contribution is 2.22. The van der Waals surface area contributed by atoms with Crippen LogP contribution in [0.15, 0.2) is 54.6 Å². The van der Waals surface area contributed by atoms with Crippen molar-refractivity contribution in [1.29, 1.82) is 0 Å². The van der Waals surface area contributed by atoms with Gasteiger partial charge in [0, 0.05) is 11.1 Å². The van der Waals surface area contributed by atoms with Gasteiger partial charge < -0.3 is 0 Å². The number of carbonyl (C=O) groups excluding carboxylic acids is 2. The lowest BCUT2D eigenvalue weighted by Gasteiger charge is -2.10. The maximum absolute atomic E-state index is 12.4. The SMILES string of the molecule is CSC(=O)[C@@H](C)c1cccc(C(=O)c2ccccc2)c1. The summed E-state index contributed by atoms with van der Waals surface area (Å²) in [5, 5.41) is 0.106. The van der Waals surface area contributed by atoms with Gasteiger partial charge in [-0.15, -0.1) is 0 Å². The molecule has 0 aliphatic carbocycles. The Bertz CT molecular complexity index is 620. The van der Waals surface area contributed by atoms with E-state index < -0.39 is 0 Å². The van der Waals surface area contributed by atoms with Crippen LogP contribution in [0.25, 0.3) is 0 Å². The van der Waals surface area contributed by atoms with Crippen LogP contribution in [0.2, 0.25) is 0 Å². The van der Waals surface area contributed by atoms with Crippen LogP contribution in [0.5, 0.6) is 0 Å². The van der Waals surface area contributed by atoms with Gasteiger partial charge in [-0.3, -0.25) is 9.59 Å². The Hall–Kier alpha value is -1.87. The number of benzene rings is 2. The summed E-state index contributed by atoms with van der Waals surface area (Å²) in [6.45, 7) is 1.87. The first-order valence-corrected chi connectivity index (χ1v) is 7.63. The Kier molecular flexibility index (Phi) is 4.74. The van der Waals surface area contributed by atoms with Crippen LogP contribution < -0.4 is 0 Å². The molecule has 1 atom stereocenters. The molecule has 102 valence electrons. The zero-order chi connectivity index (χ0) is 14.5. The number of hydrogen-bond acceptors (Lipinski definition) is 3. The summed E-state index contributed by atoms with van der Waals surface area (Å²) in [4.78, 5) is 24.1. The lowest BCUT2D eigenvalue weighted by molar-refractivity contribution is -0.111. The third-order valence-electron chi connectivity index (χ3n) is 3.24. The molecule has 0 saturated heterocycles. The van der Waals surface area contributed by atoms with Crippen molar-refractivity contribution in [2.75, 3.05) is 6.26 Å². The topological polar surface area (TPSA) is 34.1 Å². The molecule has 0 radical (unpaired) electrons. The molecule has 0 saturated carbocycles. The summed E-state index contributed by atoms with van der Waals surface area (Å²) in [7, 11) is 0. The van der Waals surface area contributed by atoms with E-state index in [1.54, 1.807) is 24.5 Å². The molecule has 2 nitrogen and oxygen atoms in total. The number of hydrogen-bond donors (Lipinski definition) is 0. The average molecular weight is 284 g/mol. The van der Waals surface area contributed by atoms with E-state index in [0.29, 0.717) is 11.1 Å². The van der Waals surface area contributed by atoms with Crippen LogP contribution in [-0.4, -0.2) is 17.2 Å². The first-order chi connectivity index (χ1) is 9.63. The molecule has 0 fully saturated rings. The van der Waals surface area contributed by atoms with Crippen molar-refractivity contribution in [3.05, 3.63) is 71.3 Å². The molecule has 20 heavy (non-hydrogen) atoms. The molecule has 0 N–H and O–H groups in total. The zero-order valence-electron chi connectivity index (χ0n) is 11.5. The van der Waals surface area contributed by atoms with E-state index in [0.717, 1.165) is 5.56 Å². The van der Waals surface area contributed by atoms with Crippen molar-refractivity contribution < 1.29 is 9.59 Å². The highest BCUT2D eigenvalue weighted by Gasteiger charge is 2.16. The standard InChI is InChI=1S/C17H16O2S/c1-12(17(19)20-2)14-9-6-10-15(11-14)16(18)13-7-4-3-5-8-13/h3-12H,1-2H3/t12-/m0/s1. The van der Waals surface area contributed by atoms with Gasteiger partial charge in [0.1, 0.15) is 0 Å². The van der Waals surface area contributed by atoms with Crippen molar-refractivity contribution in [2.24, 2.45) is 0 Å². The number of rotatable bonds is 4. The minimum Gasteiger partial charge on any atom is -0.289 e. The third kappa shape index (κ3) is 3.17. The van der Waals surface area contributed by atoms with Crippen LogP contribution in [0.1, 0.15) is 34.3 Å². The Morgan fingerprint density at radius 3 is 2.25 bits per heavy atom. The largest absolute Gasteiger partial charge is 0.289 e. The number of thioether (sulfide) groups is 1. The molecular formula is C17H16O2S. The molecule has 2 aromatic carbocycles. The molecule has 3 heteroatoms. The number of carbonyl (C=O) groups is 2.